The molecule has 0 fully saturated rings. The van der Waals surface area contributed by atoms with Gasteiger partial charge in [-0.2, -0.15) is 0 Å². The molecule has 0 aromatic heterocycles. The van der Waals surface area contributed by atoms with Crippen LogP contribution in [0, 0.1) is 5.41 Å². The summed E-state index contributed by atoms with van der Waals surface area (Å²) in [5.41, 5.74) is 13.2. The number of hydrogen-bond donors (Lipinski definition) is 3. The molecule has 0 saturated carbocycles. The highest BCUT2D eigenvalue weighted by Gasteiger charge is 2.05. The Bertz CT molecular complexity index is 390. The van der Waals surface area contributed by atoms with E-state index in [4.69, 9.17) is 21.6 Å². The van der Waals surface area contributed by atoms with Crippen LogP contribution in [0.15, 0.2) is 12.1 Å². The first-order valence-corrected chi connectivity index (χ1v) is 5.51. The average Bonchev–Trinajstić information content (AvgIpc) is 2.28. The van der Waals surface area contributed by atoms with Crippen LogP contribution in [-0.2, 0) is 0 Å². The second-order valence-corrected chi connectivity index (χ2v) is 4.17. The predicted octanol–water partition coefficient (Wildman–Crippen LogP) is 1.18. The maximum absolute atomic E-state index is 7.16. The van der Waals surface area contributed by atoms with Crippen LogP contribution in [0.25, 0.3) is 0 Å². The van der Waals surface area contributed by atoms with Crippen molar-refractivity contribution in [2.24, 2.45) is 0 Å². The highest BCUT2D eigenvalue weighted by molar-refractivity contribution is 5.87. The number of rotatable bonds is 6. The minimum Gasteiger partial charge on any atom is -0.491 e. The van der Waals surface area contributed by atoms with Gasteiger partial charge < -0.3 is 26.5 Å². The smallest absolute Gasteiger partial charge is 0.144 e. The lowest BCUT2D eigenvalue weighted by molar-refractivity contribution is 0.283. The molecule has 1 aromatic carbocycles. The minimum absolute atomic E-state index is 0.511. The summed E-state index contributed by atoms with van der Waals surface area (Å²) in [4.78, 5) is 2.10. The summed E-state index contributed by atoms with van der Waals surface area (Å²) in [5, 5.41) is 7.16. The summed E-state index contributed by atoms with van der Waals surface area (Å²) < 4.78 is 5.56. The summed E-state index contributed by atoms with van der Waals surface area (Å²) in [6.07, 6.45) is 2.11. The number of ether oxygens (including phenoxy) is 1. The average molecular weight is 236 g/mol. The Morgan fingerprint density at radius 3 is 2.59 bits per heavy atom. The van der Waals surface area contributed by atoms with E-state index in [1.165, 1.54) is 6.21 Å². The van der Waals surface area contributed by atoms with Crippen molar-refractivity contribution >= 4 is 17.6 Å². The van der Waals surface area contributed by atoms with Gasteiger partial charge in [-0.3, -0.25) is 0 Å². The van der Waals surface area contributed by atoms with Gasteiger partial charge in [-0.15, -0.1) is 0 Å². The minimum atomic E-state index is 0.511. The number of nitrogen functional groups attached to an aromatic ring is 2. The molecule has 0 spiro atoms. The first-order chi connectivity index (χ1) is 8.04. The Morgan fingerprint density at radius 1 is 1.29 bits per heavy atom. The lowest BCUT2D eigenvalue weighted by Gasteiger charge is -2.13. The van der Waals surface area contributed by atoms with E-state index in [-0.39, 0.29) is 0 Å². The Balaban J connectivity index is 2.59. The van der Waals surface area contributed by atoms with Gasteiger partial charge in [0.2, 0.25) is 0 Å². The van der Waals surface area contributed by atoms with Crippen molar-refractivity contribution in [1.82, 2.24) is 4.90 Å². The van der Waals surface area contributed by atoms with Crippen LogP contribution in [0.3, 0.4) is 0 Å². The number of hydrogen-bond acceptors (Lipinski definition) is 5. The van der Waals surface area contributed by atoms with E-state index in [0.717, 1.165) is 13.0 Å². The molecule has 17 heavy (non-hydrogen) atoms. The molecule has 0 aliphatic heterocycles. The summed E-state index contributed by atoms with van der Waals surface area (Å²) in [6, 6.07) is 3.33. The molecular weight excluding hydrogens is 216 g/mol. The molecule has 5 nitrogen and oxygen atoms in total. The molecule has 0 bridgehead atoms. The van der Waals surface area contributed by atoms with Crippen LogP contribution in [0.1, 0.15) is 12.0 Å². The number of nitrogens with zero attached hydrogens (tertiary/aromatic N) is 1. The molecule has 1 aromatic rings. The van der Waals surface area contributed by atoms with Gasteiger partial charge in [0.05, 0.1) is 12.3 Å². The molecule has 5 heteroatoms. The largest absolute Gasteiger partial charge is 0.491 e. The molecular formula is C12H20N4O. The van der Waals surface area contributed by atoms with E-state index >= 15 is 0 Å². The fraction of sp³-hybridized carbons (Fsp3) is 0.417. The van der Waals surface area contributed by atoms with Crippen LogP contribution < -0.4 is 16.2 Å². The topological polar surface area (TPSA) is 88.4 Å². The Morgan fingerprint density at radius 2 is 2.00 bits per heavy atom. The van der Waals surface area contributed by atoms with Gasteiger partial charge in [-0.1, -0.05) is 0 Å². The molecule has 94 valence electrons. The summed E-state index contributed by atoms with van der Waals surface area (Å²) in [7, 11) is 4.04. The number of nitrogens with two attached hydrogens (primary N) is 2. The molecule has 1 rings (SSSR count). The number of benzene rings is 1. The van der Waals surface area contributed by atoms with Crippen molar-refractivity contribution in [2.75, 3.05) is 38.7 Å². The van der Waals surface area contributed by atoms with Gasteiger partial charge in [0, 0.05) is 30.1 Å². The van der Waals surface area contributed by atoms with Crippen LogP contribution in [-0.4, -0.2) is 38.4 Å². The second kappa shape index (κ2) is 6.10. The lowest BCUT2D eigenvalue weighted by Crippen LogP contribution is -2.15. The van der Waals surface area contributed by atoms with Crippen molar-refractivity contribution in [3.8, 4) is 5.75 Å². The normalized spacial score (nSPS) is 10.5. The van der Waals surface area contributed by atoms with Gasteiger partial charge in [0.25, 0.3) is 0 Å². The van der Waals surface area contributed by atoms with Crippen LogP contribution in [0.5, 0.6) is 5.75 Å². The van der Waals surface area contributed by atoms with Crippen LogP contribution >= 0.6 is 0 Å². The third kappa shape index (κ3) is 3.96. The monoisotopic (exact) mass is 236 g/mol. The molecule has 0 radical (unpaired) electrons. The third-order valence-corrected chi connectivity index (χ3v) is 2.38. The van der Waals surface area contributed by atoms with Crippen molar-refractivity contribution in [3.05, 3.63) is 17.7 Å². The standard InChI is InChI=1S/C12H20N4O/c1-16(2)4-3-5-17-12-7-10(14)9(8-13)6-11(12)15/h6-8,13H,3-5,14-15H2,1-2H3. The van der Waals surface area contributed by atoms with Gasteiger partial charge in [-0.05, 0) is 26.6 Å². The zero-order valence-corrected chi connectivity index (χ0v) is 10.4. The molecule has 0 unspecified atom stereocenters. The quantitative estimate of drug-likeness (QED) is 0.393. The summed E-state index contributed by atoms with van der Waals surface area (Å²) in [5.74, 6) is 0.590. The SMILES string of the molecule is CN(C)CCCOc1cc(N)c(C=N)cc1N. The van der Waals surface area contributed by atoms with E-state index < -0.39 is 0 Å². The molecule has 0 heterocycles. The molecule has 0 amide bonds. The summed E-state index contributed by atoms with van der Waals surface area (Å²) >= 11 is 0. The van der Waals surface area contributed by atoms with E-state index in [1.54, 1.807) is 12.1 Å². The third-order valence-electron chi connectivity index (χ3n) is 2.38. The van der Waals surface area contributed by atoms with Gasteiger partial charge >= 0.3 is 0 Å². The van der Waals surface area contributed by atoms with Crippen LogP contribution in [0.2, 0.25) is 0 Å². The van der Waals surface area contributed by atoms with Gasteiger partial charge in [0.1, 0.15) is 5.75 Å². The van der Waals surface area contributed by atoms with Crippen molar-refractivity contribution in [2.45, 2.75) is 6.42 Å². The predicted molar refractivity (Wildman–Crippen MR) is 71.8 cm³/mol. The van der Waals surface area contributed by atoms with Crippen molar-refractivity contribution in [1.29, 1.82) is 5.41 Å². The van der Waals surface area contributed by atoms with Crippen LogP contribution in [0.4, 0.5) is 11.4 Å². The fourth-order valence-corrected chi connectivity index (χ4v) is 1.44. The molecule has 0 aliphatic rings. The number of nitrogens with one attached hydrogen (secondary N) is 1. The second-order valence-electron chi connectivity index (χ2n) is 4.17. The Labute approximate surface area is 102 Å². The van der Waals surface area contributed by atoms with E-state index in [0.29, 0.717) is 29.3 Å². The maximum Gasteiger partial charge on any atom is 0.144 e. The first kappa shape index (κ1) is 13.3. The van der Waals surface area contributed by atoms with E-state index in [9.17, 15) is 0 Å². The van der Waals surface area contributed by atoms with Gasteiger partial charge in [0.15, 0.2) is 0 Å². The van der Waals surface area contributed by atoms with Gasteiger partial charge in [-0.25, -0.2) is 0 Å². The zero-order valence-electron chi connectivity index (χ0n) is 10.4. The van der Waals surface area contributed by atoms with Crippen molar-refractivity contribution < 1.29 is 4.74 Å². The molecule has 0 atom stereocenters. The van der Waals surface area contributed by atoms with E-state index in [2.05, 4.69) is 4.90 Å². The number of anilines is 2. The lowest BCUT2D eigenvalue weighted by atomic mass is 10.1. The first-order valence-electron chi connectivity index (χ1n) is 5.51. The highest BCUT2D eigenvalue weighted by Crippen LogP contribution is 2.26. The highest BCUT2D eigenvalue weighted by atomic mass is 16.5. The molecule has 0 aliphatic carbocycles. The zero-order chi connectivity index (χ0) is 12.8. The maximum atomic E-state index is 7.16. The fourth-order valence-electron chi connectivity index (χ4n) is 1.44. The summed E-state index contributed by atoms with van der Waals surface area (Å²) in [6.45, 7) is 1.57. The molecule has 0 saturated heterocycles. The van der Waals surface area contributed by atoms with E-state index in [1.807, 2.05) is 14.1 Å². The Hall–Kier alpha value is -1.75. The Kier molecular flexibility index (Phi) is 4.78. The molecule has 5 N–H and O–H groups in total. The van der Waals surface area contributed by atoms with Crippen molar-refractivity contribution in [3.63, 3.8) is 0 Å².